The van der Waals surface area contributed by atoms with Gasteiger partial charge in [-0.05, 0) is 11.6 Å². The molecule has 1 aromatic carbocycles. The van der Waals surface area contributed by atoms with Crippen LogP contribution in [0.15, 0.2) is 30.5 Å². The fourth-order valence-electron chi connectivity index (χ4n) is 1.25. The predicted octanol–water partition coefficient (Wildman–Crippen LogP) is 1.43. The van der Waals surface area contributed by atoms with Crippen LogP contribution in [0.25, 0.3) is 11.8 Å². The van der Waals surface area contributed by atoms with Crippen molar-refractivity contribution in [3.8, 4) is 0 Å². The van der Waals surface area contributed by atoms with Crippen LogP contribution in [0.4, 0.5) is 0 Å². The van der Waals surface area contributed by atoms with Crippen LogP contribution in [-0.2, 0) is 4.79 Å². The Morgan fingerprint density at radius 1 is 1.25 bits per heavy atom. The maximum atomic E-state index is 10.5. The van der Waals surface area contributed by atoms with E-state index in [1.807, 2.05) is 36.3 Å². The molecule has 1 N–H and O–H groups in total. The molecule has 12 heavy (non-hydrogen) atoms. The summed E-state index contributed by atoms with van der Waals surface area (Å²) in [5.74, 6) is 1.86. The molecule has 0 radical (unpaired) electrons. The van der Waals surface area contributed by atoms with Crippen molar-refractivity contribution in [3.63, 3.8) is 0 Å². The topological polar surface area (TPSA) is 29.1 Å². The van der Waals surface area contributed by atoms with Gasteiger partial charge in [-0.1, -0.05) is 24.3 Å². The molecule has 0 saturated carbocycles. The Hall–Kier alpha value is -1.79. The van der Waals surface area contributed by atoms with Gasteiger partial charge in [0.15, 0.2) is 5.94 Å². The first-order valence-corrected chi connectivity index (χ1v) is 3.69. The van der Waals surface area contributed by atoms with Gasteiger partial charge in [0.2, 0.25) is 0 Å². The van der Waals surface area contributed by atoms with Crippen molar-refractivity contribution in [1.82, 2.24) is 5.32 Å². The molecular weight excluding hydrogens is 150 g/mol. The Balaban J connectivity index is 2.68. The highest BCUT2D eigenvalue weighted by molar-refractivity contribution is 5.91. The third-order valence-corrected chi connectivity index (χ3v) is 1.82. The molecule has 2 rings (SSSR count). The highest BCUT2D eigenvalue weighted by Gasteiger charge is 2.08. The van der Waals surface area contributed by atoms with Crippen molar-refractivity contribution in [2.24, 2.45) is 0 Å². The number of rotatable bonds is 0. The molecule has 0 saturated heterocycles. The fraction of sp³-hybridized carbons (Fsp3) is 0. The summed E-state index contributed by atoms with van der Waals surface area (Å²) in [6.07, 6.45) is 3.67. The highest BCUT2D eigenvalue weighted by atomic mass is 16.1. The fourth-order valence-corrected chi connectivity index (χ4v) is 1.25. The summed E-state index contributed by atoms with van der Waals surface area (Å²) in [5.41, 5.74) is 2.47. The number of hydrogen-bond donors (Lipinski definition) is 1. The lowest BCUT2D eigenvalue weighted by Gasteiger charge is -2.11. The van der Waals surface area contributed by atoms with Crippen LogP contribution in [0.5, 0.6) is 0 Å². The van der Waals surface area contributed by atoms with Crippen molar-refractivity contribution in [2.45, 2.75) is 0 Å². The molecule has 0 aromatic heterocycles. The number of carbonyl (C=O) groups excluding carboxylic acids is 1. The zero-order valence-corrected chi connectivity index (χ0v) is 6.37. The SMILES string of the molecule is O=C=C1NC=Cc2ccccc21. The third-order valence-electron chi connectivity index (χ3n) is 1.82. The molecule has 0 bridgehead atoms. The van der Waals surface area contributed by atoms with Gasteiger partial charge in [-0.2, -0.15) is 0 Å². The van der Waals surface area contributed by atoms with Crippen LogP contribution in [0, 0.1) is 0 Å². The summed E-state index contributed by atoms with van der Waals surface area (Å²) in [6.45, 7) is 0. The van der Waals surface area contributed by atoms with E-state index in [1.54, 1.807) is 6.20 Å². The van der Waals surface area contributed by atoms with E-state index >= 15 is 0 Å². The minimum absolute atomic E-state index is 0.508. The predicted molar refractivity (Wildman–Crippen MR) is 47.7 cm³/mol. The van der Waals surface area contributed by atoms with Gasteiger partial charge < -0.3 is 5.32 Å². The second-order valence-corrected chi connectivity index (χ2v) is 2.54. The molecule has 1 aromatic rings. The first kappa shape index (κ1) is 6.89. The number of fused-ring (bicyclic) bond motifs is 1. The Morgan fingerprint density at radius 3 is 2.92 bits per heavy atom. The van der Waals surface area contributed by atoms with Gasteiger partial charge in [-0.15, -0.1) is 0 Å². The van der Waals surface area contributed by atoms with Gasteiger partial charge in [0.25, 0.3) is 0 Å². The van der Waals surface area contributed by atoms with Crippen LogP contribution in [0.2, 0.25) is 0 Å². The molecule has 0 amide bonds. The molecular formula is C10H7NO. The molecule has 1 aliphatic heterocycles. The van der Waals surface area contributed by atoms with E-state index in [2.05, 4.69) is 5.32 Å². The van der Waals surface area contributed by atoms with Gasteiger partial charge in [0.05, 0.1) is 0 Å². The van der Waals surface area contributed by atoms with Gasteiger partial charge in [0, 0.05) is 11.8 Å². The van der Waals surface area contributed by atoms with Crippen molar-refractivity contribution in [3.05, 3.63) is 41.6 Å². The largest absolute Gasteiger partial charge is 0.352 e. The zero-order chi connectivity index (χ0) is 8.39. The van der Waals surface area contributed by atoms with E-state index in [1.165, 1.54) is 0 Å². The first-order chi connectivity index (χ1) is 5.92. The Bertz CT molecular complexity index is 387. The quantitative estimate of drug-likeness (QED) is 0.577. The Labute approximate surface area is 70.2 Å². The molecule has 58 valence electrons. The molecule has 2 heteroatoms. The van der Waals surface area contributed by atoms with E-state index < -0.39 is 0 Å². The summed E-state index contributed by atoms with van der Waals surface area (Å²) >= 11 is 0. The van der Waals surface area contributed by atoms with E-state index in [0.29, 0.717) is 5.70 Å². The highest BCUT2D eigenvalue weighted by Crippen LogP contribution is 2.19. The molecule has 0 aliphatic carbocycles. The standard InChI is InChI=1S/C10H7NO/c12-7-10-9-4-2-1-3-8(9)5-6-11-10/h1-6,11H. The summed E-state index contributed by atoms with van der Waals surface area (Å²) in [4.78, 5) is 10.5. The monoisotopic (exact) mass is 157 g/mol. The van der Waals surface area contributed by atoms with E-state index in [4.69, 9.17) is 0 Å². The van der Waals surface area contributed by atoms with Crippen LogP contribution in [0.1, 0.15) is 11.1 Å². The van der Waals surface area contributed by atoms with Crippen molar-refractivity contribution >= 4 is 17.7 Å². The number of nitrogens with one attached hydrogen (secondary N) is 1. The van der Waals surface area contributed by atoms with Gasteiger partial charge in [-0.3, -0.25) is 0 Å². The van der Waals surface area contributed by atoms with Crippen molar-refractivity contribution in [1.29, 1.82) is 0 Å². The molecule has 1 heterocycles. The average Bonchev–Trinajstić information content (AvgIpc) is 2.17. The normalized spacial score (nSPS) is 13.2. The van der Waals surface area contributed by atoms with Crippen molar-refractivity contribution in [2.75, 3.05) is 0 Å². The molecule has 0 spiro atoms. The smallest absolute Gasteiger partial charge is 0.151 e. The van der Waals surface area contributed by atoms with Crippen LogP contribution >= 0.6 is 0 Å². The molecule has 2 nitrogen and oxygen atoms in total. The number of benzene rings is 1. The van der Waals surface area contributed by atoms with Gasteiger partial charge >= 0.3 is 0 Å². The minimum Gasteiger partial charge on any atom is -0.352 e. The first-order valence-electron chi connectivity index (χ1n) is 3.69. The molecule has 0 unspecified atom stereocenters. The molecule has 1 aliphatic rings. The molecule has 0 fully saturated rings. The van der Waals surface area contributed by atoms with Crippen LogP contribution in [-0.4, -0.2) is 5.94 Å². The van der Waals surface area contributed by atoms with E-state index in [9.17, 15) is 4.79 Å². The third kappa shape index (κ3) is 0.949. The zero-order valence-electron chi connectivity index (χ0n) is 6.37. The lowest BCUT2D eigenvalue weighted by Crippen LogP contribution is -2.09. The summed E-state index contributed by atoms with van der Waals surface area (Å²) in [7, 11) is 0. The Kier molecular flexibility index (Phi) is 1.54. The maximum Gasteiger partial charge on any atom is 0.151 e. The lowest BCUT2D eigenvalue weighted by atomic mass is 10.0. The lowest BCUT2D eigenvalue weighted by molar-refractivity contribution is 0.569. The molecule has 0 atom stereocenters. The second-order valence-electron chi connectivity index (χ2n) is 2.54. The van der Waals surface area contributed by atoms with Gasteiger partial charge in [-0.25, -0.2) is 4.79 Å². The number of hydrogen-bond acceptors (Lipinski definition) is 2. The average molecular weight is 157 g/mol. The van der Waals surface area contributed by atoms with Crippen LogP contribution < -0.4 is 5.32 Å². The van der Waals surface area contributed by atoms with E-state index in [0.717, 1.165) is 11.1 Å². The van der Waals surface area contributed by atoms with E-state index in [-0.39, 0.29) is 0 Å². The minimum atomic E-state index is 0.508. The van der Waals surface area contributed by atoms with Gasteiger partial charge in [0.1, 0.15) is 5.70 Å². The maximum absolute atomic E-state index is 10.5. The Morgan fingerprint density at radius 2 is 2.08 bits per heavy atom. The summed E-state index contributed by atoms with van der Waals surface area (Å²) in [6, 6.07) is 7.70. The van der Waals surface area contributed by atoms with Crippen molar-refractivity contribution < 1.29 is 4.79 Å². The summed E-state index contributed by atoms with van der Waals surface area (Å²) < 4.78 is 0. The second kappa shape index (κ2) is 2.68. The summed E-state index contributed by atoms with van der Waals surface area (Å²) in [5, 5.41) is 2.84. The van der Waals surface area contributed by atoms with Crippen LogP contribution in [0.3, 0.4) is 0 Å².